The van der Waals surface area contributed by atoms with Crippen molar-refractivity contribution < 1.29 is 9.47 Å². The summed E-state index contributed by atoms with van der Waals surface area (Å²) in [6.45, 7) is 9.54. The quantitative estimate of drug-likeness (QED) is 0.564. The highest BCUT2D eigenvalue weighted by atomic mass is 16.7. The number of anilines is 2. The Kier molecular flexibility index (Phi) is 5.66. The predicted octanol–water partition coefficient (Wildman–Crippen LogP) is 3.03. The largest absolute Gasteiger partial charge is 0.454 e. The summed E-state index contributed by atoms with van der Waals surface area (Å²) >= 11 is 0. The van der Waals surface area contributed by atoms with Gasteiger partial charge in [-0.3, -0.25) is 0 Å². The maximum atomic E-state index is 6.15. The molecular weight excluding hydrogens is 392 g/mol. The van der Waals surface area contributed by atoms with Crippen molar-refractivity contribution in [1.29, 1.82) is 0 Å². The number of pyridine rings is 1. The van der Waals surface area contributed by atoms with Crippen LogP contribution in [0.3, 0.4) is 0 Å². The van der Waals surface area contributed by atoms with E-state index in [-0.39, 0.29) is 12.2 Å². The molecule has 0 bridgehead atoms. The van der Waals surface area contributed by atoms with Gasteiger partial charge in [-0.05, 0) is 23.1 Å². The van der Waals surface area contributed by atoms with E-state index in [4.69, 9.17) is 20.2 Å². The Morgan fingerprint density at radius 2 is 1.94 bits per heavy atom. The zero-order valence-corrected chi connectivity index (χ0v) is 19.0. The summed E-state index contributed by atoms with van der Waals surface area (Å²) in [5.41, 5.74) is 10.4. The van der Waals surface area contributed by atoms with Gasteiger partial charge in [-0.25, -0.2) is 9.97 Å². The highest BCUT2D eigenvalue weighted by Crippen LogP contribution is 2.39. The van der Waals surface area contributed by atoms with Crippen molar-refractivity contribution in [3.8, 4) is 11.5 Å². The van der Waals surface area contributed by atoms with Gasteiger partial charge in [-0.15, -0.1) is 0 Å². The molecule has 3 aromatic rings. The minimum Gasteiger partial charge on any atom is -0.454 e. The van der Waals surface area contributed by atoms with Crippen LogP contribution in [0.25, 0.3) is 11.0 Å². The van der Waals surface area contributed by atoms with E-state index < -0.39 is 0 Å². The van der Waals surface area contributed by atoms with Gasteiger partial charge in [0.25, 0.3) is 0 Å². The molecule has 3 heterocycles. The summed E-state index contributed by atoms with van der Waals surface area (Å²) in [4.78, 5) is 11.2. The number of nitrogens with zero attached hydrogens (tertiary/aromatic N) is 4. The highest BCUT2D eigenvalue weighted by Gasteiger charge is 2.21. The summed E-state index contributed by atoms with van der Waals surface area (Å²) < 4.78 is 13.4. The molecule has 0 spiro atoms. The molecule has 8 nitrogen and oxygen atoms in total. The van der Waals surface area contributed by atoms with Gasteiger partial charge >= 0.3 is 0 Å². The predicted molar refractivity (Wildman–Crippen MR) is 124 cm³/mol. The van der Waals surface area contributed by atoms with E-state index in [1.165, 1.54) is 0 Å². The second kappa shape index (κ2) is 8.26. The summed E-state index contributed by atoms with van der Waals surface area (Å²) in [5.74, 6) is 2.96. The Hall–Kier alpha value is -3.00. The first-order chi connectivity index (χ1) is 14.7. The molecule has 1 aliphatic heterocycles. The second-order valence-electron chi connectivity index (χ2n) is 9.39. The zero-order chi connectivity index (χ0) is 22.2. The van der Waals surface area contributed by atoms with Crippen molar-refractivity contribution in [1.82, 2.24) is 19.9 Å². The Bertz CT molecular complexity index is 1080. The number of nitrogen functional groups attached to an aromatic ring is 1. The lowest BCUT2D eigenvalue weighted by Crippen LogP contribution is -2.29. The second-order valence-corrected chi connectivity index (χ2v) is 9.39. The summed E-state index contributed by atoms with van der Waals surface area (Å²) in [6, 6.07) is 6.07. The molecule has 0 saturated carbocycles. The normalized spacial score (nSPS) is 13.2. The van der Waals surface area contributed by atoms with Gasteiger partial charge in [0.2, 0.25) is 6.79 Å². The molecule has 0 fully saturated rings. The molecule has 0 unspecified atom stereocenters. The van der Waals surface area contributed by atoms with E-state index in [2.05, 4.69) is 46.6 Å². The van der Waals surface area contributed by atoms with Crippen LogP contribution < -0.4 is 25.4 Å². The van der Waals surface area contributed by atoms with Gasteiger partial charge < -0.3 is 30.0 Å². The van der Waals surface area contributed by atoms with E-state index >= 15 is 0 Å². The fourth-order valence-electron chi connectivity index (χ4n) is 3.86. The Morgan fingerprint density at radius 1 is 1.19 bits per heavy atom. The molecule has 0 atom stereocenters. The third-order valence-corrected chi connectivity index (χ3v) is 5.35. The molecule has 0 aliphatic carbocycles. The molecule has 166 valence electrons. The molecule has 3 N–H and O–H groups in total. The third kappa shape index (κ3) is 4.54. The topological polar surface area (TPSA) is 90.5 Å². The maximum absolute atomic E-state index is 6.15. The molecule has 0 radical (unpaired) electrons. The number of benzene rings is 1. The summed E-state index contributed by atoms with van der Waals surface area (Å²) in [7, 11) is 4.06. The molecule has 0 amide bonds. The van der Waals surface area contributed by atoms with Gasteiger partial charge in [0.15, 0.2) is 17.3 Å². The lowest BCUT2D eigenvalue weighted by Gasteiger charge is -2.20. The van der Waals surface area contributed by atoms with E-state index in [0.29, 0.717) is 12.2 Å². The SMILES string of the molecule is CN(C)c1cc2c(cc1Cc1nc3c(N)nccc3n1CCNCC(C)(C)C)OCO2. The van der Waals surface area contributed by atoms with Crippen LogP contribution in [-0.4, -0.2) is 48.5 Å². The molecule has 0 saturated heterocycles. The minimum atomic E-state index is 0.237. The van der Waals surface area contributed by atoms with Gasteiger partial charge in [-0.1, -0.05) is 20.8 Å². The molecule has 2 aromatic heterocycles. The lowest BCUT2D eigenvalue weighted by atomic mass is 9.97. The van der Waals surface area contributed by atoms with Crippen LogP contribution in [0.2, 0.25) is 0 Å². The number of fused-ring (bicyclic) bond motifs is 2. The maximum Gasteiger partial charge on any atom is 0.231 e. The lowest BCUT2D eigenvalue weighted by molar-refractivity contribution is 0.174. The monoisotopic (exact) mass is 424 g/mol. The van der Waals surface area contributed by atoms with E-state index in [1.807, 2.05) is 26.2 Å². The Labute approximate surface area is 183 Å². The Morgan fingerprint density at radius 3 is 2.65 bits per heavy atom. The van der Waals surface area contributed by atoms with Gasteiger partial charge in [0.05, 0.1) is 5.52 Å². The van der Waals surface area contributed by atoms with Crippen molar-refractivity contribution in [2.75, 3.05) is 44.6 Å². The molecular formula is C23H32N6O2. The zero-order valence-electron chi connectivity index (χ0n) is 19.0. The standard InChI is InChI=1S/C23H32N6O2/c1-23(2,3)13-25-8-9-29-16-6-7-26-22(24)21(16)27-20(29)11-15-10-18-19(31-14-30-18)12-17(15)28(4)5/h6-7,10,12,25H,8-9,11,13-14H2,1-5H3,(H2,24,26). The van der Waals surface area contributed by atoms with E-state index in [0.717, 1.165) is 59.2 Å². The minimum absolute atomic E-state index is 0.237. The summed E-state index contributed by atoms with van der Waals surface area (Å²) in [6.07, 6.45) is 2.39. The van der Waals surface area contributed by atoms with Crippen LogP contribution in [0, 0.1) is 5.41 Å². The number of hydrogen-bond donors (Lipinski definition) is 2. The van der Waals surface area contributed by atoms with Crippen LogP contribution in [0.5, 0.6) is 11.5 Å². The molecule has 4 rings (SSSR count). The average molecular weight is 425 g/mol. The number of rotatable bonds is 7. The fraction of sp³-hybridized carbons (Fsp3) is 0.478. The number of nitrogens with one attached hydrogen (secondary N) is 1. The smallest absolute Gasteiger partial charge is 0.231 e. The van der Waals surface area contributed by atoms with E-state index in [9.17, 15) is 0 Å². The van der Waals surface area contributed by atoms with Crippen LogP contribution in [-0.2, 0) is 13.0 Å². The van der Waals surface area contributed by atoms with Crippen LogP contribution in [0.15, 0.2) is 24.4 Å². The van der Waals surface area contributed by atoms with Crippen molar-refractivity contribution in [2.45, 2.75) is 33.7 Å². The van der Waals surface area contributed by atoms with Gasteiger partial charge in [0.1, 0.15) is 11.3 Å². The first-order valence-electron chi connectivity index (χ1n) is 10.6. The van der Waals surface area contributed by atoms with Crippen molar-refractivity contribution in [3.63, 3.8) is 0 Å². The third-order valence-electron chi connectivity index (χ3n) is 5.35. The van der Waals surface area contributed by atoms with Crippen LogP contribution in [0.4, 0.5) is 11.5 Å². The fourth-order valence-corrected chi connectivity index (χ4v) is 3.86. The molecule has 1 aromatic carbocycles. The summed E-state index contributed by atoms with van der Waals surface area (Å²) in [5, 5.41) is 3.56. The number of hydrogen-bond acceptors (Lipinski definition) is 7. The Balaban J connectivity index is 1.68. The first-order valence-corrected chi connectivity index (χ1v) is 10.6. The van der Waals surface area contributed by atoms with Gasteiger partial charge in [-0.2, -0.15) is 0 Å². The molecule has 1 aliphatic rings. The molecule has 8 heteroatoms. The van der Waals surface area contributed by atoms with Crippen LogP contribution in [0.1, 0.15) is 32.2 Å². The highest BCUT2D eigenvalue weighted by molar-refractivity contribution is 5.85. The number of ether oxygens (including phenoxy) is 2. The number of imidazole rings is 1. The first kappa shape index (κ1) is 21.2. The number of nitrogens with two attached hydrogens (primary N) is 1. The molecule has 31 heavy (non-hydrogen) atoms. The number of aromatic nitrogens is 3. The van der Waals surface area contributed by atoms with Crippen molar-refractivity contribution in [3.05, 3.63) is 35.8 Å². The van der Waals surface area contributed by atoms with Crippen molar-refractivity contribution in [2.24, 2.45) is 5.41 Å². The average Bonchev–Trinajstić information content (AvgIpc) is 3.29. The van der Waals surface area contributed by atoms with Crippen molar-refractivity contribution >= 4 is 22.5 Å². The van der Waals surface area contributed by atoms with Crippen LogP contribution >= 0.6 is 0 Å². The van der Waals surface area contributed by atoms with Gasteiger partial charge in [0, 0.05) is 58.1 Å². The van der Waals surface area contributed by atoms with E-state index in [1.54, 1.807) is 6.20 Å².